The molecule has 3 aromatic rings. The fraction of sp³-hybridized carbons (Fsp3) is 0.292. The molecule has 1 fully saturated rings. The lowest BCUT2D eigenvalue weighted by molar-refractivity contribution is -0.137. The van der Waals surface area contributed by atoms with E-state index >= 15 is 0 Å². The van der Waals surface area contributed by atoms with Crippen molar-refractivity contribution < 1.29 is 35.5 Å². The molecule has 0 bridgehead atoms. The van der Waals surface area contributed by atoms with E-state index in [9.17, 15) is 26.4 Å². The van der Waals surface area contributed by atoms with E-state index in [4.69, 9.17) is 9.15 Å². The summed E-state index contributed by atoms with van der Waals surface area (Å²) in [6, 6.07) is 13.8. The van der Waals surface area contributed by atoms with Gasteiger partial charge >= 0.3 is 6.18 Å². The Balaban J connectivity index is 1.63. The second kappa shape index (κ2) is 9.17. The van der Waals surface area contributed by atoms with E-state index < -0.39 is 33.5 Å². The molecule has 1 aromatic heterocycles. The predicted molar refractivity (Wildman–Crippen MR) is 119 cm³/mol. The van der Waals surface area contributed by atoms with Crippen LogP contribution in [-0.2, 0) is 22.6 Å². The number of rotatable bonds is 6. The third-order valence-corrected chi connectivity index (χ3v) is 7.44. The normalized spacial score (nSPS) is 17.5. The lowest BCUT2D eigenvalue weighted by atomic mass is 10.1. The van der Waals surface area contributed by atoms with Gasteiger partial charge in [0.15, 0.2) is 9.84 Å². The first-order chi connectivity index (χ1) is 16.1. The number of methoxy groups -OCH3 is 1. The molecule has 1 atom stereocenters. The molecule has 0 N–H and O–H groups in total. The molecular formula is C24H22F3NO5S. The maximum Gasteiger partial charge on any atom is 0.416 e. The fourth-order valence-corrected chi connectivity index (χ4v) is 5.68. The van der Waals surface area contributed by atoms with Gasteiger partial charge in [-0.15, -0.1) is 0 Å². The van der Waals surface area contributed by atoms with E-state index in [-0.39, 0.29) is 29.4 Å². The molecule has 4 rings (SSSR count). The van der Waals surface area contributed by atoms with E-state index in [1.807, 2.05) is 0 Å². The van der Waals surface area contributed by atoms with Crippen molar-refractivity contribution in [2.45, 2.75) is 25.2 Å². The van der Waals surface area contributed by atoms with Crippen LogP contribution in [0.4, 0.5) is 13.2 Å². The summed E-state index contributed by atoms with van der Waals surface area (Å²) in [5, 5.41) is 0. The molecular weight excluding hydrogens is 471 g/mol. The lowest BCUT2D eigenvalue weighted by Gasteiger charge is -2.27. The van der Waals surface area contributed by atoms with Gasteiger partial charge in [-0.05, 0) is 48.9 Å². The zero-order chi connectivity index (χ0) is 24.5. The highest BCUT2D eigenvalue weighted by molar-refractivity contribution is 7.91. The molecule has 10 heteroatoms. The number of carbonyl (C=O) groups is 1. The molecule has 0 aliphatic carbocycles. The van der Waals surface area contributed by atoms with Crippen LogP contribution >= 0.6 is 0 Å². The second-order valence-electron chi connectivity index (χ2n) is 8.07. The Morgan fingerprint density at radius 3 is 2.56 bits per heavy atom. The smallest absolute Gasteiger partial charge is 0.416 e. The first-order valence-electron chi connectivity index (χ1n) is 10.5. The van der Waals surface area contributed by atoms with Crippen molar-refractivity contribution in [3.05, 3.63) is 77.6 Å². The van der Waals surface area contributed by atoms with Gasteiger partial charge < -0.3 is 14.1 Å². The molecule has 2 heterocycles. The van der Waals surface area contributed by atoms with E-state index in [1.165, 1.54) is 30.2 Å². The number of halogens is 3. The van der Waals surface area contributed by atoms with Crippen molar-refractivity contribution in [2.24, 2.45) is 0 Å². The average Bonchev–Trinajstić information content (AvgIpc) is 3.42. The number of amides is 1. The molecule has 0 saturated carbocycles. The van der Waals surface area contributed by atoms with E-state index in [2.05, 4.69) is 0 Å². The van der Waals surface area contributed by atoms with Crippen LogP contribution in [0.1, 0.15) is 28.1 Å². The number of hydrogen-bond donors (Lipinski definition) is 0. The zero-order valence-electron chi connectivity index (χ0n) is 18.2. The van der Waals surface area contributed by atoms with Gasteiger partial charge in [0.2, 0.25) is 0 Å². The largest absolute Gasteiger partial charge is 0.497 e. The average molecular weight is 494 g/mol. The highest BCUT2D eigenvalue weighted by atomic mass is 32.2. The van der Waals surface area contributed by atoms with Gasteiger partial charge in [-0.25, -0.2) is 8.42 Å². The molecule has 6 nitrogen and oxygen atoms in total. The Morgan fingerprint density at radius 2 is 1.88 bits per heavy atom. The highest BCUT2D eigenvalue weighted by Crippen LogP contribution is 2.33. The van der Waals surface area contributed by atoms with E-state index in [1.54, 1.807) is 30.3 Å². The third-order valence-electron chi connectivity index (χ3n) is 5.69. The van der Waals surface area contributed by atoms with Crippen molar-refractivity contribution in [3.63, 3.8) is 0 Å². The summed E-state index contributed by atoms with van der Waals surface area (Å²) >= 11 is 0. The van der Waals surface area contributed by atoms with Crippen LogP contribution in [-0.4, -0.2) is 43.9 Å². The van der Waals surface area contributed by atoms with Gasteiger partial charge in [0, 0.05) is 17.2 Å². The van der Waals surface area contributed by atoms with Crippen molar-refractivity contribution in [1.82, 2.24) is 4.90 Å². The standard InChI is InChI=1S/C24H22F3NO5S/c1-32-20-7-3-5-17(13-20)23(29)28(19-10-11-34(30,31)15-19)14-21-8-9-22(33-21)16-4-2-6-18(12-16)24(25,26)27/h2-9,12-13,19H,10-11,14-15H2,1H3/t19-/m1/s1. The minimum Gasteiger partial charge on any atom is -0.497 e. The highest BCUT2D eigenvalue weighted by Gasteiger charge is 2.36. The molecule has 0 spiro atoms. The summed E-state index contributed by atoms with van der Waals surface area (Å²) < 4.78 is 74.3. The van der Waals surface area contributed by atoms with Gasteiger partial charge in [-0.3, -0.25) is 4.79 Å². The van der Waals surface area contributed by atoms with E-state index in [0.29, 0.717) is 23.5 Å². The Bertz CT molecular complexity index is 1300. The van der Waals surface area contributed by atoms with Crippen LogP contribution in [0.5, 0.6) is 5.75 Å². The first kappa shape index (κ1) is 23.9. The number of carbonyl (C=O) groups excluding carboxylic acids is 1. The molecule has 0 radical (unpaired) electrons. The summed E-state index contributed by atoms with van der Waals surface area (Å²) in [6.07, 6.45) is -4.20. The molecule has 1 amide bonds. The van der Waals surface area contributed by atoms with Crippen LogP contribution in [0.2, 0.25) is 0 Å². The minimum absolute atomic E-state index is 0.0206. The molecule has 2 aromatic carbocycles. The maximum absolute atomic E-state index is 13.4. The minimum atomic E-state index is -4.49. The maximum atomic E-state index is 13.4. The molecule has 1 aliphatic heterocycles. The van der Waals surface area contributed by atoms with Crippen molar-refractivity contribution >= 4 is 15.7 Å². The summed E-state index contributed by atoms with van der Waals surface area (Å²) in [5.74, 6) is 0.450. The second-order valence-corrected chi connectivity index (χ2v) is 10.3. The Kier molecular flexibility index (Phi) is 6.44. The summed E-state index contributed by atoms with van der Waals surface area (Å²) in [7, 11) is -1.80. The molecule has 1 saturated heterocycles. The van der Waals surface area contributed by atoms with Crippen LogP contribution in [0.25, 0.3) is 11.3 Å². The number of benzene rings is 2. The number of sulfone groups is 1. The first-order valence-corrected chi connectivity index (χ1v) is 12.3. The number of ether oxygens (including phenoxy) is 1. The van der Waals surface area contributed by atoms with Crippen LogP contribution in [0.15, 0.2) is 65.1 Å². The van der Waals surface area contributed by atoms with Gasteiger partial charge in [-0.1, -0.05) is 18.2 Å². The van der Waals surface area contributed by atoms with Crippen molar-refractivity contribution in [3.8, 4) is 17.1 Å². The van der Waals surface area contributed by atoms with Crippen LogP contribution < -0.4 is 4.74 Å². The molecule has 0 unspecified atom stereocenters. The van der Waals surface area contributed by atoms with Crippen molar-refractivity contribution in [2.75, 3.05) is 18.6 Å². The summed E-state index contributed by atoms with van der Waals surface area (Å²) in [6.45, 7) is -0.0325. The van der Waals surface area contributed by atoms with Crippen molar-refractivity contribution in [1.29, 1.82) is 0 Å². The number of nitrogens with zero attached hydrogens (tertiary/aromatic N) is 1. The quantitative estimate of drug-likeness (QED) is 0.493. The van der Waals surface area contributed by atoms with Gasteiger partial charge in [0.25, 0.3) is 5.91 Å². The summed E-state index contributed by atoms with van der Waals surface area (Å²) in [4.78, 5) is 14.8. The summed E-state index contributed by atoms with van der Waals surface area (Å²) in [5.41, 5.74) is -0.225. The topological polar surface area (TPSA) is 76.8 Å². The van der Waals surface area contributed by atoms with Crippen LogP contribution in [0.3, 0.4) is 0 Å². The van der Waals surface area contributed by atoms with Gasteiger partial charge in [0.05, 0.1) is 30.7 Å². The lowest BCUT2D eigenvalue weighted by Crippen LogP contribution is -2.40. The predicted octanol–water partition coefficient (Wildman–Crippen LogP) is 4.80. The Morgan fingerprint density at radius 1 is 1.12 bits per heavy atom. The Hall–Kier alpha value is -3.27. The van der Waals surface area contributed by atoms with Gasteiger partial charge in [-0.2, -0.15) is 13.2 Å². The monoisotopic (exact) mass is 493 g/mol. The SMILES string of the molecule is COc1cccc(C(=O)N(Cc2ccc(-c3cccc(C(F)(F)F)c3)o2)[C@@H]2CCS(=O)(=O)C2)c1. The third kappa shape index (κ3) is 5.27. The Labute approximate surface area is 194 Å². The zero-order valence-corrected chi connectivity index (χ0v) is 19.0. The van der Waals surface area contributed by atoms with Crippen LogP contribution in [0, 0.1) is 0 Å². The fourth-order valence-electron chi connectivity index (χ4n) is 3.94. The number of alkyl halides is 3. The number of furan rings is 1. The van der Waals surface area contributed by atoms with E-state index in [0.717, 1.165) is 12.1 Å². The number of hydrogen-bond acceptors (Lipinski definition) is 5. The molecule has 180 valence electrons. The van der Waals surface area contributed by atoms with Gasteiger partial charge in [0.1, 0.15) is 17.3 Å². The molecule has 34 heavy (non-hydrogen) atoms. The molecule has 1 aliphatic rings.